The van der Waals surface area contributed by atoms with Gasteiger partial charge in [0.05, 0.1) is 14.2 Å². The van der Waals surface area contributed by atoms with Crippen LogP contribution in [0.15, 0.2) is 42.2 Å². The predicted molar refractivity (Wildman–Crippen MR) is 83.7 cm³/mol. The van der Waals surface area contributed by atoms with Gasteiger partial charge in [-0.2, -0.15) is 0 Å². The quantitative estimate of drug-likeness (QED) is 0.811. The van der Waals surface area contributed by atoms with Crippen LogP contribution < -0.4 is 14.2 Å². The van der Waals surface area contributed by atoms with Crippen molar-refractivity contribution in [1.29, 1.82) is 0 Å². The number of methoxy groups -OCH3 is 2. The number of ketones is 1. The Morgan fingerprint density at radius 1 is 1.09 bits per heavy atom. The fraction of sp³-hybridized carbons (Fsp3) is 0.167. The molecule has 0 aliphatic carbocycles. The maximum absolute atomic E-state index is 12.6. The van der Waals surface area contributed by atoms with Gasteiger partial charge in [-0.3, -0.25) is 4.79 Å². The summed E-state index contributed by atoms with van der Waals surface area (Å²) in [5.41, 5.74) is 2.46. The van der Waals surface area contributed by atoms with E-state index in [0.717, 1.165) is 11.1 Å². The molecule has 0 radical (unpaired) electrons. The summed E-state index contributed by atoms with van der Waals surface area (Å²) in [4.78, 5) is 12.6. The van der Waals surface area contributed by atoms with Crippen molar-refractivity contribution in [3.63, 3.8) is 0 Å². The summed E-state index contributed by atoms with van der Waals surface area (Å²) >= 11 is 0. The Kier molecular flexibility index (Phi) is 3.59. The molecular formula is C18H16O4. The lowest BCUT2D eigenvalue weighted by Gasteiger charge is -2.07. The van der Waals surface area contributed by atoms with Crippen LogP contribution in [-0.4, -0.2) is 20.0 Å². The molecule has 0 fully saturated rings. The number of carbonyl (C=O) groups is 1. The molecule has 2 aromatic carbocycles. The number of Topliss-reactive ketones (excluding diaryl/α,β-unsaturated/α-hetero) is 1. The summed E-state index contributed by atoms with van der Waals surface area (Å²) in [7, 11) is 3.08. The molecule has 2 aromatic rings. The zero-order valence-electron chi connectivity index (χ0n) is 12.7. The average Bonchev–Trinajstić information content (AvgIpc) is 2.85. The fourth-order valence-electron chi connectivity index (χ4n) is 2.42. The molecule has 0 amide bonds. The van der Waals surface area contributed by atoms with E-state index in [0.29, 0.717) is 22.8 Å². The van der Waals surface area contributed by atoms with E-state index in [-0.39, 0.29) is 11.5 Å². The van der Waals surface area contributed by atoms with Crippen LogP contribution in [0.4, 0.5) is 0 Å². The van der Waals surface area contributed by atoms with Crippen LogP contribution >= 0.6 is 0 Å². The van der Waals surface area contributed by atoms with Gasteiger partial charge in [0.15, 0.2) is 5.76 Å². The minimum Gasteiger partial charge on any atom is -0.496 e. The number of carbonyl (C=O) groups excluding carboxylic acids is 1. The zero-order valence-corrected chi connectivity index (χ0v) is 12.7. The Morgan fingerprint density at radius 2 is 1.86 bits per heavy atom. The Labute approximate surface area is 128 Å². The van der Waals surface area contributed by atoms with Crippen LogP contribution in [-0.2, 0) is 0 Å². The van der Waals surface area contributed by atoms with E-state index in [1.165, 1.54) is 7.11 Å². The highest BCUT2D eigenvalue weighted by atomic mass is 16.5. The number of allylic oxidation sites excluding steroid dienone is 1. The first-order valence-electron chi connectivity index (χ1n) is 6.90. The van der Waals surface area contributed by atoms with Crippen LogP contribution in [0.3, 0.4) is 0 Å². The fourth-order valence-corrected chi connectivity index (χ4v) is 2.42. The number of hydrogen-bond donors (Lipinski definition) is 0. The molecule has 0 bridgehead atoms. The molecule has 3 rings (SSSR count). The summed E-state index contributed by atoms with van der Waals surface area (Å²) in [5.74, 6) is 1.60. The van der Waals surface area contributed by atoms with Crippen molar-refractivity contribution in [3.05, 3.63) is 58.8 Å². The van der Waals surface area contributed by atoms with Crippen LogP contribution in [0.5, 0.6) is 17.2 Å². The van der Waals surface area contributed by atoms with Gasteiger partial charge in [-0.15, -0.1) is 0 Å². The van der Waals surface area contributed by atoms with Crippen molar-refractivity contribution in [3.8, 4) is 17.2 Å². The zero-order chi connectivity index (χ0) is 15.7. The normalized spacial score (nSPS) is 14.7. The lowest BCUT2D eigenvalue weighted by atomic mass is 10.1. The highest BCUT2D eigenvalue weighted by molar-refractivity contribution is 6.16. The Bertz CT molecular complexity index is 775. The Balaban J connectivity index is 2.06. The number of rotatable bonds is 3. The van der Waals surface area contributed by atoms with E-state index in [4.69, 9.17) is 14.2 Å². The largest absolute Gasteiger partial charge is 0.496 e. The molecule has 1 heterocycles. The third-order valence-corrected chi connectivity index (χ3v) is 3.64. The van der Waals surface area contributed by atoms with Crippen molar-refractivity contribution >= 4 is 11.9 Å². The number of ether oxygens (including phenoxy) is 3. The van der Waals surface area contributed by atoms with Crippen molar-refractivity contribution in [2.75, 3.05) is 14.2 Å². The first-order chi connectivity index (χ1) is 10.6. The van der Waals surface area contributed by atoms with Crippen LogP contribution in [0.2, 0.25) is 0 Å². The SMILES string of the molecule is COc1cc(OC)c2c(c1)O/C(=C\c1ccccc1C)C2=O. The molecule has 112 valence electrons. The summed E-state index contributed by atoms with van der Waals surface area (Å²) in [5, 5.41) is 0. The number of fused-ring (bicyclic) bond motifs is 1. The minimum atomic E-state index is -0.183. The molecule has 0 aromatic heterocycles. The monoisotopic (exact) mass is 296 g/mol. The molecule has 0 spiro atoms. The maximum Gasteiger partial charge on any atom is 0.235 e. The van der Waals surface area contributed by atoms with Crippen LogP contribution in [0, 0.1) is 6.92 Å². The Hall–Kier alpha value is -2.75. The lowest BCUT2D eigenvalue weighted by molar-refractivity contribution is 0.101. The number of aryl methyl sites for hydroxylation is 1. The van der Waals surface area contributed by atoms with Gasteiger partial charge in [-0.05, 0) is 24.1 Å². The standard InChI is InChI=1S/C18H16O4/c1-11-6-4-5-7-12(11)8-16-18(19)17-14(21-3)9-13(20-2)10-15(17)22-16/h4-10H,1-3H3/b16-8-. The molecule has 0 unspecified atom stereocenters. The van der Waals surface area contributed by atoms with Gasteiger partial charge in [-0.1, -0.05) is 24.3 Å². The molecule has 4 nitrogen and oxygen atoms in total. The van der Waals surface area contributed by atoms with Gasteiger partial charge in [0.25, 0.3) is 0 Å². The van der Waals surface area contributed by atoms with E-state index >= 15 is 0 Å². The summed E-state index contributed by atoms with van der Waals surface area (Å²) in [6.45, 7) is 1.99. The molecule has 1 aliphatic heterocycles. The van der Waals surface area contributed by atoms with E-state index in [1.54, 1.807) is 25.3 Å². The number of hydrogen-bond acceptors (Lipinski definition) is 4. The summed E-state index contributed by atoms with van der Waals surface area (Å²) < 4.78 is 16.2. The second-order valence-electron chi connectivity index (χ2n) is 5.00. The molecule has 0 saturated carbocycles. The highest BCUT2D eigenvalue weighted by Crippen LogP contribution is 2.41. The van der Waals surface area contributed by atoms with Crippen LogP contribution in [0.1, 0.15) is 21.5 Å². The van der Waals surface area contributed by atoms with Crippen molar-refractivity contribution in [2.45, 2.75) is 6.92 Å². The molecule has 0 atom stereocenters. The van der Waals surface area contributed by atoms with E-state index < -0.39 is 0 Å². The third-order valence-electron chi connectivity index (χ3n) is 3.64. The highest BCUT2D eigenvalue weighted by Gasteiger charge is 2.32. The van der Waals surface area contributed by atoms with Gasteiger partial charge in [0.1, 0.15) is 22.8 Å². The van der Waals surface area contributed by atoms with Gasteiger partial charge in [-0.25, -0.2) is 0 Å². The minimum absolute atomic E-state index is 0.183. The first kappa shape index (κ1) is 14.2. The predicted octanol–water partition coefficient (Wildman–Crippen LogP) is 3.63. The van der Waals surface area contributed by atoms with Crippen molar-refractivity contribution in [2.24, 2.45) is 0 Å². The molecule has 1 aliphatic rings. The average molecular weight is 296 g/mol. The van der Waals surface area contributed by atoms with E-state index in [9.17, 15) is 4.79 Å². The summed E-state index contributed by atoms with van der Waals surface area (Å²) in [6, 6.07) is 11.2. The number of benzene rings is 2. The molecular weight excluding hydrogens is 280 g/mol. The third kappa shape index (κ3) is 2.33. The summed E-state index contributed by atoms with van der Waals surface area (Å²) in [6.07, 6.45) is 1.75. The van der Waals surface area contributed by atoms with E-state index in [2.05, 4.69) is 0 Å². The second kappa shape index (κ2) is 5.56. The molecule has 0 N–H and O–H groups in total. The van der Waals surface area contributed by atoms with Gasteiger partial charge in [0, 0.05) is 12.1 Å². The molecule has 0 saturated heterocycles. The lowest BCUT2D eigenvalue weighted by Crippen LogP contribution is -2.00. The maximum atomic E-state index is 12.6. The molecule has 4 heteroatoms. The van der Waals surface area contributed by atoms with Crippen molar-refractivity contribution < 1.29 is 19.0 Å². The van der Waals surface area contributed by atoms with E-state index in [1.807, 2.05) is 31.2 Å². The van der Waals surface area contributed by atoms with Gasteiger partial charge in [0.2, 0.25) is 5.78 Å². The van der Waals surface area contributed by atoms with Gasteiger partial charge >= 0.3 is 0 Å². The van der Waals surface area contributed by atoms with Crippen LogP contribution in [0.25, 0.3) is 6.08 Å². The second-order valence-corrected chi connectivity index (χ2v) is 5.00. The molecule has 22 heavy (non-hydrogen) atoms. The topological polar surface area (TPSA) is 44.8 Å². The smallest absolute Gasteiger partial charge is 0.235 e. The van der Waals surface area contributed by atoms with Gasteiger partial charge < -0.3 is 14.2 Å². The van der Waals surface area contributed by atoms with Crippen molar-refractivity contribution in [1.82, 2.24) is 0 Å². The Morgan fingerprint density at radius 3 is 2.55 bits per heavy atom. The first-order valence-corrected chi connectivity index (χ1v) is 6.90.